The molecular weight excluding hydrogens is 408 g/mol. The summed E-state index contributed by atoms with van der Waals surface area (Å²) in [4.78, 5) is 25.1. The summed E-state index contributed by atoms with van der Waals surface area (Å²) in [5, 5.41) is 8.02. The maximum absolute atomic E-state index is 12.5. The summed E-state index contributed by atoms with van der Waals surface area (Å²) in [6.07, 6.45) is 0. The lowest BCUT2D eigenvalue weighted by Crippen LogP contribution is -2.31. The Labute approximate surface area is 168 Å². The van der Waals surface area contributed by atoms with Gasteiger partial charge < -0.3 is 20.1 Å². The summed E-state index contributed by atoms with van der Waals surface area (Å²) in [6.45, 7) is 3.28. The highest BCUT2D eigenvalue weighted by Crippen LogP contribution is 2.33. The van der Waals surface area contributed by atoms with Crippen LogP contribution in [0.1, 0.15) is 12.5 Å². The van der Waals surface area contributed by atoms with Crippen LogP contribution in [0.2, 0.25) is 0 Å². The van der Waals surface area contributed by atoms with E-state index in [2.05, 4.69) is 10.2 Å². The molecule has 0 atom stereocenters. The Morgan fingerprint density at radius 2 is 1.89 bits per heavy atom. The Morgan fingerprint density at radius 1 is 1.19 bits per heavy atom. The summed E-state index contributed by atoms with van der Waals surface area (Å²) in [5.74, 6) is 1.49. The molecule has 0 bridgehead atoms. The molecule has 0 fully saturated rings. The van der Waals surface area contributed by atoms with Crippen molar-refractivity contribution in [1.29, 1.82) is 0 Å². The molecule has 144 valence electrons. The van der Waals surface area contributed by atoms with Gasteiger partial charge in [0.1, 0.15) is 0 Å². The molecule has 0 unspecified atom stereocenters. The van der Waals surface area contributed by atoms with Gasteiger partial charge in [-0.15, -0.1) is 10.2 Å². The number of hydrogen-bond donors (Lipinski definition) is 1. The molecule has 2 amide bonds. The molecule has 0 spiro atoms. The second-order valence-corrected chi connectivity index (χ2v) is 8.90. The average molecular weight is 427 g/mol. The molecule has 0 saturated heterocycles. The van der Waals surface area contributed by atoms with Crippen molar-refractivity contribution in [2.24, 2.45) is 5.73 Å². The van der Waals surface area contributed by atoms with E-state index in [1.165, 1.54) is 34.9 Å². The van der Waals surface area contributed by atoms with Gasteiger partial charge in [0.25, 0.3) is 0 Å². The number of hydrogen-bond acceptors (Lipinski definition) is 9. The first-order chi connectivity index (χ1) is 13.0. The van der Waals surface area contributed by atoms with Gasteiger partial charge >= 0.3 is 0 Å². The summed E-state index contributed by atoms with van der Waals surface area (Å²) in [6, 6.07) is 5.69. The van der Waals surface area contributed by atoms with Gasteiger partial charge in [0.15, 0.2) is 20.2 Å². The Hall–Kier alpha value is -1.98. The minimum Gasteiger partial charge on any atom is -0.454 e. The third-order valence-electron chi connectivity index (χ3n) is 3.59. The van der Waals surface area contributed by atoms with E-state index in [0.717, 1.165) is 11.3 Å². The molecule has 27 heavy (non-hydrogen) atoms. The molecule has 2 N–H and O–H groups in total. The molecule has 1 aliphatic heterocycles. The number of fused-ring (bicyclic) bond motifs is 1. The molecule has 1 aromatic carbocycles. The van der Waals surface area contributed by atoms with Crippen molar-refractivity contribution in [3.05, 3.63) is 23.8 Å². The first-order valence-corrected chi connectivity index (χ1v) is 10.9. The van der Waals surface area contributed by atoms with Crippen LogP contribution in [0.3, 0.4) is 0 Å². The van der Waals surface area contributed by atoms with Crippen LogP contribution < -0.4 is 15.2 Å². The van der Waals surface area contributed by atoms with Gasteiger partial charge in [-0.3, -0.25) is 9.59 Å². The zero-order valence-electron chi connectivity index (χ0n) is 14.5. The maximum Gasteiger partial charge on any atom is 0.233 e. The topological polar surface area (TPSA) is 108 Å². The smallest absolute Gasteiger partial charge is 0.233 e. The Bertz CT molecular complexity index is 830. The fourth-order valence-corrected chi connectivity index (χ4v) is 4.96. The van der Waals surface area contributed by atoms with Gasteiger partial charge in [-0.2, -0.15) is 0 Å². The summed E-state index contributed by atoms with van der Waals surface area (Å²) >= 11 is 3.93. The third kappa shape index (κ3) is 5.50. The minimum absolute atomic E-state index is 0.0155. The molecule has 8 nitrogen and oxygen atoms in total. The van der Waals surface area contributed by atoms with Crippen LogP contribution in [0.15, 0.2) is 26.9 Å². The van der Waals surface area contributed by atoms with Crippen molar-refractivity contribution < 1.29 is 19.1 Å². The Balaban J connectivity index is 1.52. The van der Waals surface area contributed by atoms with E-state index in [1.54, 1.807) is 4.90 Å². The van der Waals surface area contributed by atoms with Gasteiger partial charge in [0, 0.05) is 13.1 Å². The van der Waals surface area contributed by atoms with E-state index >= 15 is 0 Å². The maximum atomic E-state index is 12.5. The normalized spacial score (nSPS) is 12.2. The van der Waals surface area contributed by atoms with E-state index in [0.29, 0.717) is 27.5 Å². The molecule has 3 rings (SSSR count). The van der Waals surface area contributed by atoms with Gasteiger partial charge in [-0.05, 0) is 24.6 Å². The van der Waals surface area contributed by atoms with Crippen LogP contribution in [-0.2, 0) is 16.1 Å². The van der Waals surface area contributed by atoms with Crippen molar-refractivity contribution in [2.75, 3.05) is 24.8 Å². The zero-order chi connectivity index (χ0) is 19.2. The van der Waals surface area contributed by atoms with Gasteiger partial charge in [-0.25, -0.2) is 0 Å². The Morgan fingerprint density at radius 3 is 2.59 bits per heavy atom. The van der Waals surface area contributed by atoms with Gasteiger partial charge in [0.2, 0.25) is 18.6 Å². The molecule has 0 radical (unpaired) electrons. The first kappa shape index (κ1) is 19.8. The molecule has 1 aliphatic rings. The molecule has 2 aromatic rings. The minimum atomic E-state index is -0.401. The quantitative estimate of drug-likeness (QED) is 0.607. The van der Waals surface area contributed by atoms with Crippen LogP contribution in [0.4, 0.5) is 0 Å². The number of benzene rings is 1. The molecule has 0 aliphatic carbocycles. The summed E-state index contributed by atoms with van der Waals surface area (Å²) < 4.78 is 12.0. The second kappa shape index (κ2) is 9.29. The summed E-state index contributed by atoms with van der Waals surface area (Å²) in [5.41, 5.74) is 6.10. The highest BCUT2D eigenvalue weighted by Gasteiger charge is 2.17. The van der Waals surface area contributed by atoms with Crippen molar-refractivity contribution >= 4 is 46.7 Å². The van der Waals surface area contributed by atoms with Crippen LogP contribution in [0.25, 0.3) is 0 Å². The van der Waals surface area contributed by atoms with Crippen molar-refractivity contribution in [3.8, 4) is 11.5 Å². The number of primary amides is 1. The number of amides is 2. The number of aromatic nitrogens is 2. The lowest BCUT2D eigenvalue weighted by atomic mass is 10.2. The number of carbonyl (C=O) groups is 2. The van der Waals surface area contributed by atoms with E-state index in [4.69, 9.17) is 15.2 Å². The van der Waals surface area contributed by atoms with Gasteiger partial charge in [-0.1, -0.05) is 40.9 Å². The molecular formula is C16H18N4O4S3. The largest absolute Gasteiger partial charge is 0.454 e. The number of thioether (sulfide) groups is 2. The first-order valence-electron chi connectivity index (χ1n) is 8.09. The van der Waals surface area contributed by atoms with Crippen LogP contribution in [0.5, 0.6) is 11.5 Å². The highest BCUT2D eigenvalue weighted by molar-refractivity contribution is 8.03. The fourth-order valence-electron chi connectivity index (χ4n) is 2.30. The second-order valence-electron chi connectivity index (χ2n) is 5.47. The van der Waals surface area contributed by atoms with E-state index in [1.807, 2.05) is 25.1 Å². The summed E-state index contributed by atoms with van der Waals surface area (Å²) in [7, 11) is 0. The SMILES string of the molecule is CCN(Cc1ccc2c(c1)OCO2)C(=O)CSc1nnc(SCC(N)=O)s1. The average Bonchev–Trinajstić information content (AvgIpc) is 3.31. The number of carbonyl (C=O) groups excluding carboxylic acids is 2. The predicted octanol–water partition coefficient (Wildman–Crippen LogP) is 1.98. The van der Waals surface area contributed by atoms with E-state index in [-0.39, 0.29) is 24.2 Å². The van der Waals surface area contributed by atoms with E-state index < -0.39 is 5.91 Å². The third-order valence-corrected chi connectivity index (χ3v) is 6.79. The number of ether oxygens (including phenoxy) is 2. The molecule has 0 saturated carbocycles. The number of nitrogens with two attached hydrogens (primary N) is 1. The number of rotatable bonds is 9. The van der Waals surface area contributed by atoms with Crippen LogP contribution in [-0.4, -0.2) is 51.8 Å². The molecule has 1 aromatic heterocycles. The predicted molar refractivity (Wildman–Crippen MR) is 104 cm³/mol. The van der Waals surface area contributed by atoms with Crippen LogP contribution >= 0.6 is 34.9 Å². The van der Waals surface area contributed by atoms with Crippen LogP contribution in [0, 0.1) is 0 Å². The monoisotopic (exact) mass is 426 g/mol. The number of nitrogens with zero attached hydrogens (tertiary/aromatic N) is 3. The fraction of sp³-hybridized carbons (Fsp3) is 0.375. The lowest BCUT2D eigenvalue weighted by molar-refractivity contribution is -0.128. The lowest BCUT2D eigenvalue weighted by Gasteiger charge is -2.20. The molecule has 2 heterocycles. The Kier molecular flexibility index (Phi) is 6.80. The molecule has 11 heteroatoms. The van der Waals surface area contributed by atoms with Gasteiger partial charge in [0.05, 0.1) is 11.5 Å². The van der Waals surface area contributed by atoms with Crippen molar-refractivity contribution in [3.63, 3.8) is 0 Å². The van der Waals surface area contributed by atoms with E-state index in [9.17, 15) is 9.59 Å². The highest BCUT2D eigenvalue weighted by atomic mass is 32.2. The zero-order valence-corrected chi connectivity index (χ0v) is 17.0. The van der Waals surface area contributed by atoms with Crippen molar-refractivity contribution in [1.82, 2.24) is 15.1 Å². The van der Waals surface area contributed by atoms with Crippen molar-refractivity contribution in [2.45, 2.75) is 22.1 Å². The standard InChI is InChI=1S/C16H18N4O4S3/c1-2-20(6-10-3-4-11-12(5-10)24-9-23-11)14(22)8-26-16-19-18-15(27-16)25-7-13(17)21/h3-5H,2,6-9H2,1H3,(H2,17,21).